The highest BCUT2D eigenvalue weighted by atomic mass is 35.5. The van der Waals surface area contributed by atoms with E-state index in [1.807, 2.05) is 6.92 Å². The standard InChI is InChI=1S/C24H24ClN3O5/c1-11-8-14(25)9-16-19(11)26-23(32)24(16)18-17(20(27-24)12(2)29)21(30)28(22(18)31)10-13-4-6-15(33-3)7-5-13/h4-9,12,17-18,20,27,29H,10H2,1-3H3,(H,26,32)/t12-,17-,18-,20+,24-/m0/s1. The Bertz CT molecular complexity index is 1180. The average Bonchev–Trinajstić information content (AvgIpc) is 3.36. The number of nitrogens with zero attached hydrogens (tertiary/aromatic N) is 1. The number of methoxy groups -OCH3 is 1. The zero-order valence-corrected chi connectivity index (χ0v) is 19.1. The van der Waals surface area contributed by atoms with Crippen LogP contribution in [-0.4, -0.2) is 47.0 Å². The Morgan fingerprint density at radius 2 is 1.88 bits per heavy atom. The van der Waals surface area contributed by atoms with Crippen molar-refractivity contribution >= 4 is 35.0 Å². The van der Waals surface area contributed by atoms with Gasteiger partial charge in [-0.25, -0.2) is 0 Å². The lowest BCUT2D eigenvalue weighted by Crippen LogP contribution is -2.54. The number of aliphatic hydroxyl groups excluding tert-OH is 1. The number of likely N-dealkylation sites (tertiary alicyclic amines) is 1. The zero-order chi connectivity index (χ0) is 23.7. The highest BCUT2D eigenvalue weighted by Crippen LogP contribution is 2.54. The summed E-state index contributed by atoms with van der Waals surface area (Å²) in [5.41, 5.74) is 1.13. The smallest absolute Gasteiger partial charge is 0.250 e. The number of carbonyl (C=O) groups is 3. The molecule has 5 rings (SSSR count). The third-order valence-corrected chi connectivity index (χ3v) is 7.25. The Hall–Kier alpha value is -2.94. The zero-order valence-electron chi connectivity index (χ0n) is 18.4. The van der Waals surface area contributed by atoms with Gasteiger partial charge in [0.15, 0.2) is 0 Å². The number of hydrogen-bond acceptors (Lipinski definition) is 6. The van der Waals surface area contributed by atoms with Crippen LogP contribution in [0.25, 0.3) is 0 Å². The van der Waals surface area contributed by atoms with Crippen LogP contribution in [0.3, 0.4) is 0 Å². The summed E-state index contributed by atoms with van der Waals surface area (Å²) in [4.78, 5) is 41.8. The molecule has 3 N–H and O–H groups in total. The first-order valence-corrected chi connectivity index (χ1v) is 11.1. The molecule has 3 aliphatic rings. The molecule has 5 atom stereocenters. The lowest BCUT2D eigenvalue weighted by molar-refractivity contribution is -0.143. The van der Waals surface area contributed by atoms with Gasteiger partial charge in [-0.2, -0.15) is 0 Å². The molecule has 1 spiro atoms. The van der Waals surface area contributed by atoms with Gasteiger partial charge in [0.25, 0.3) is 0 Å². The number of benzene rings is 2. The molecule has 172 valence electrons. The largest absolute Gasteiger partial charge is 0.497 e. The Balaban J connectivity index is 1.60. The van der Waals surface area contributed by atoms with E-state index >= 15 is 0 Å². The van der Waals surface area contributed by atoms with E-state index in [-0.39, 0.29) is 6.54 Å². The molecule has 0 radical (unpaired) electrons. The number of nitrogens with one attached hydrogen (secondary N) is 2. The summed E-state index contributed by atoms with van der Waals surface area (Å²) in [6.45, 7) is 3.44. The van der Waals surface area contributed by atoms with Crippen LogP contribution in [0.15, 0.2) is 36.4 Å². The lowest BCUT2D eigenvalue weighted by atomic mass is 9.76. The van der Waals surface area contributed by atoms with E-state index in [0.29, 0.717) is 22.0 Å². The molecule has 3 aliphatic heterocycles. The topological polar surface area (TPSA) is 108 Å². The van der Waals surface area contributed by atoms with Gasteiger partial charge >= 0.3 is 0 Å². The molecule has 0 bridgehead atoms. The van der Waals surface area contributed by atoms with E-state index in [1.165, 1.54) is 4.90 Å². The molecule has 2 saturated heterocycles. The summed E-state index contributed by atoms with van der Waals surface area (Å²) >= 11 is 6.32. The number of aliphatic hydroxyl groups is 1. The number of imide groups is 1. The van der Waals surface area contributed by atoms with Crippen molar-refractivity contribution in [1.29, 1.82) is 0 Å². The van der Waals surface area contributed by atoms with Gasteiger partial charge in [-0.15, -0.1) is 0 Å². The van der Waals surface area contributed by atoms with E-state index in [1.54, 1.807) is 50.4 Å². The maximum absolute atomic E-state index is 13.7. The van der Waals surface area contributed by atoms with Crippen LogP contribution in [0.1, 0.15) is 23.6 Å². The summed E-state index contributed by atoms with van der Waals surface area (Å²) in [5.74, 6) is -2.49. The molecule has 2 fully saturated rings. The fraction of sp³-hybridized carbons (Fsp3) is 0.375. The van der Waals surface area contributed by atoms with E-state index in [0.717, 1.165) is 11.1 Å². The molecule has 33 heavy (non-hydrogen) atoms. The van der Waals surface area contributed by atoms with E-state index in [2.05, 4.69) is 10.6 Å². The van der Waals surface area contributed by atoms with Crippen LogP contribution in [0.2, 0.25) is 5.02 Å². The van der Waals surface area contributed by atoms with E-state index in [9.17, 15) is 19.5 Å². The van der Waals surface area contributed by atoms with Crippen molar-refractivity contribution in [2.24, 2.45) is 11.8 Å². The van der Waals surface area contributed by atoms with Crippen LogP contribution in [0.5, 0.6) is 5.75 Å². The number of ether oxygens (including phenoxy) is 1. The van der Waals surface area contributed by atoms with Gasteiger partial charge < -0.3 is 15.2 Å². The van der Waals surface area contributed by atoms with Crippen molar-refractivity contribution in [3.63, 3.8) is 0 Å². The molecule has 0 aliphatic carbocycles. The molecular weight excluding hydrogens is 446 g/mol. The van der Waals surface area contributed by atoms with Crippen LogP contribution < -0.4 is 15.4 Å². The Morgan fingerprint density at radius 3 is 2.52 bits per heavy atom. The first kappa shape index (κ1) is 21.9. The van der Waals surface area contributed by atoms with Crippen LogP contribution >= 0.6 is 11.6 Å². The molecule has 3 heterocycles. The number of rotatable bonds is 4. The molecule has 3 amide bonds. The molecule has 8 nitrogen and oxygen atoms in total. The lowest BCUT2D eigenvalue weighted by Gasteiger charge is -2.30. The Labute approximate surface area is 195 Å². The second-order valence-electron chi connectivity index (χ2n) is 8.93. The minimum atomic E-state index is -1.49. The van der Waals surface area contributed by atoms with Crippen LogP contribution in [0, 0.1) is 18.8 Å². The van der Waals surface area contributed by atoms with Crippen LogP contribution in [-0.2, 0) is 26.5 Å². The number of halogens is 1. The predicted molar refractivity (Wildman–Crippen MR) is 121 cm³/mol. The molecular formula is C24H24ClN3O5. The second-order valence-corrected chi connectivity index (χ2v) is 9.37. The minimum Gasteiger partial charge on any atom is -0.497 e. The molecule has 2 aromatic rings. The summed E-state index contributed by atoms with van der Waals surface area (Å²) in [5, 5.41) is 17.0. The van der Waals surface area contributed by atoms with Crippen LogP contribution in [0.4, 0.5) is 5.69 Å². The molecule has 0 aromatic heterocycles. The predicted octanol–water partition coefficient (Wildman–Crippen LogP) is 1.96. The monoisotopic (exact) mass is 469 g/mol. The summed E-state index contributed by atoms with van der Waals surface area (Å²) in [6.07, 6.45) is -0.966. The maximum atomic E-state index is 13.7. The Morgan fingerprint density at radius 1 is 1.18 bits per heavy atom. The van der Waals surface area contributed by atoms with Gasteiger partial charge in [-0.1, -0.05) is 23.7 Å². The van der Waals surface area contributed by atoms with Gasteiger partial charge in [0, 0.05) is 22.3 Å². The van der Waals surface area contributed by atoms with Crippen molar-refractivity contribution < 1.29 is 24.2 Å². The highest BCUT2D eigenvalue weighted by molar-refractivity contribution is 6.31. The van der Waals surface area contributed by atoms with Crippen molar-refractivity contribution in [2.75, 3.05) is 12.4 Å². The van der Waals surface area contributed by atoms with Gasteiger partial charge in [0.2, 0.25) is 17.7 Å². The highest BCUT2D eigenvalue weighted by Gasteiger charge is 2.71. The van der Waals surface area contributed by atoms with Crippen molar-refractivity contribution in [1.82, 2.24) is 10.2 Å². The third kappa shape index (κ3) is 3.01. The summed E-state index contributed by atoms with van der Waals surface area (Å²) in [7, 11) is 1.56. The van der Waals surface area contributed by atoms with Gasteiger partial charge in [-0.3, -0.25) is 24.6 Å². The number of carbonyl (C=O) groups excluding carboxylic acids is 3. The van der Waals surface area contributed by atoms with Crippen molar-refractivity contribution in [2.45, 2.75) is 38.1 Å². The van der Waals surface area contributed by atoms with Gasteiger partial charge in [0.05, 0.1) is 31.6 Å². The van der Waals surface area contributed by atoms with Crippen molar-refractivity contribution in [3.05, 3.63) is 58.1 Å². The molecule has 0 saturated carbocycles. The SMILES string of the molecule is COc1ccc(CN2C(=O)[C@@H]3[C@@H]([C@H](C)O)N[C@]4(C(=O)Nc5c(C)cc(Cl)cc54)[C@@H]3C2=O)cc1. The number of fused-ring (bicyclic) bond motifs is 4. The van der Waals surface area contributed by atoms with E-state index < -0.39 is 47.2 Å². The minimum absolute atomic E-state index is 0.0698. The first-order valence-electron chi connectivity index (χ1n) is 10.7. The fourth-order valence-corrected chi connectivity index (χ4v) is 5.78. The molecule has 0 unspecified atom stereocenters. The first-order chi connectivity index (χ1) is 15.7. The van der Waals surface area contributed by atoms with E-state index in [4.69, 9.17) is 16.3 Å². The summed E-state index contributed by atoms with van der Waals surface area (Å²) in [6, 6.07) is 9.70. The number of amides is 3. The normalized spacial score (nSPS) is 28.8. The van der Waals surface area contributed by atoms with Gasteiger partial charge in [-0.05, 0) is 49.2 Å². The summed E-state index contributed by atoms with van der Waals surface area (Å²) < 4.78 is 5.17. The Kier molecular flexibility index (Phi) is 5.00. The van der Waals surface area contributed by atoms with Gasteiger partial charge in [0.1, 0.15) is 11.3 Å². The van der Waals surface area contributed by atoms with Crippen molar-refractivity contribution in [3.8, 4) is 5.75 Å². The number of hydrogen-bond donors (Lipinski definition) is 3. The second kappa shape index (κ2) is 7.55. The maximum Gasteiger partial charge on any atom is 0.250 e. The quantitative estimate of drug-likeness (QED) is 0.591. The fourth-order valence-electron chi connectivity index (χ4n) is 5.51. The number of aryl methyl sites for hydroxylation is 1. The third-order valence-electron chi connectivity index (χ3n) is 7.03. The molecule has 2 aromatic carbocycles. The molecule has 9 heteroatoms. The average molecular weight is 470 g/mol. The number of anilines is 1.